The first-order valence-electron chi connectivity index (χ1n) is 5.04. The van der Waals surface area contributed by atoms with Crippen LogP contribution < -0.4 is 4.90 Å². The molecule has 0 N–H and O–H groups in total. The van der Waals surface area contributed by atoms with E-state index in [-0.39, 0.29) is 0 Å². The molecular formula is C12H12N2O. The van der Waals surface area contributed by atoms with E-state index in [0.29, 0.717) is 24.3 Å². The molecule has 0 saturated carbocycles. The molecule has 0 amide bonds. The Labute approximate surface area is 89.1 Å². The zero-order valence-electron chi connectivity index (χ0n) is 8.44. The number of hydrogen-bond donors (Lipinski definition) is 0. The number of rotatable bonds is 1. The number of carbonyl (C=O) groups excluding carboxylic acids is 1. The molecular weight excluding hydrogens is 188 g/mol. The zero-order chi connectivity index (χ0) is 10.7. The summed E-state index contributed by atoms with van der Waals surface area (Å²) < 4.78 is 0. The van der Waals surface area contributed by atoms with E-state index < -0.39 is 0 Å². The maximum absolute atomic E-state index is 11.1. The molecule has 76 valence electrons. The molecule has 1 aliphatic heterocycles. The number of nitrogens with zero attached hydrogens (tertiary/aromatic N) is 2. The van der Waals surface area contributed by atoms with Gasteiger partial charge in [0.15, 0.2) is 5.69 Å². The maximum atomic E-state index is 11.1. The lowest BCUT2D eigenvalue weighted by Gasteiger charge is -2.28. The molecule has 0 bridgehead atoms. The number of benzene rings is 1. The molecule has 1 fully saturated rings. The molecule has 1 aromatic rings. The molecule has 1 aromatic carbocycles. The Morgan fingerprint density at radius 1 is 1.13 bits per heavy atom. The SMILES string of the molecule is [C-]#[N+]c1ccc(N2CCC(=O)CC2)cc1. The third-order valence-corrected chi connectivity index (χ3v) is 2.67. The van der Waals surface area contributed by atoms with Crippen molar-refractivity contribution in [2.24, 2.45) is 0 Å². The summed E-state index contributed by atoms with van der Waals surface area (Å²) in [6.45, 7) is 8.46. The van der Waals surface area contributed by atoms with Crippen LogP contribution in [0.2, 0.25) is 0 Å². The fraction of sp³-hybridized carbons (Fsp3) is 0.333. The average Bonchev–Trinajstić information content (AvgIpc) is 2.30. The van der Waals surface area contributed by atoms with Crippen molar-refractivity contribution in [3.8, 4) is 0 Å². The molecule has 3 nitrogen and oxygen atoms in total. The smallest absolute Gasteiger partial charge is 0.187 e. The fourth-order valence-electron chi connectivity index (χ4n) is 1.75. The molecule has 0 aliphatic carbocycles. The van der Waals surface area contributed by atoms with Crippen LogP contribution in [-0.2, 0) is 4.79 Å². The van der Waals surface area contributed by atoms with Crippen molar-refractivity contribution in [1.29, 1.82) is 0 Å². The van der Waals surface area contributed by atoms with Gasteiger partial charge in [-0.15, -0.1) is 0 Å². The zero-order valence-corrected chi connectivity index (χ0v) is 8.44. The van der Waals surface area contributed by atoms with Gasteiger partial charge < -0.3 is 4.90 Å². The molecule has 1 aliphatic rings. The van der Waals surface area contributed by atoms with E-state index in [9.17, 15) is 4.79 Å². The normalized spacial score (nSPS) is 16.2. The summed E-state index contributed by atoms with van der Waals surface area (Å²) in [6.07, 6.45) is 1.29. The lowest BCUT2D eigenvalue weighted by atomic mass is 10.1. The van der Waals surface area contributed by atoms with Crippen LogP contribution in [0.25, 0.3) is 4.85 Å². The third kappa shape index (κ3) is 2.16. The Hall–Kier alpha value is -1.82. The van der Waals surface area contributed by atoms with Gasteiger partial charge in [0, 0.05) is 31.6 Å². The Bertz CT molecular complexity index is 393. The van der Waals surface area contributed by atoms with Gasteiger partial charge in [-0.1, -0.05) is 12.1 Å². The second-order valence-corrected chi connectivity index (χ2v) is 3.65. The van der Waals surface area contributed by atoms with Crippen molar-refractivity contribution < 1.29 is 4.79 Å². The standard InChI is InChI=1S/C12H12N2O/c1-13-10-2-4-11(5-3-10)14-8-6-12(15)7-9-14/h2-5H,6-9H2. The molecule has 1 saturated heterocycles. The average molecular weight is 200 g/mol. The van der Waals surface area contributed by atoms with Crippen LogP contribution in [0.3, 0.4) is 0 Å². The summed E-state index contributed by atoms with van der Waals surface area (Å²) in [4.78, 5) is 16.6. The monoisotopic (exact) mass is 200 g/mol. The molecule has 15 heavy (non-hydrogen) atoms. The highest BCUT2D eigenvalue weighted by Crippen LogP contribution is 2.21. The highest BCUT2D eigenvalue weighted by Gasteiger charge is 2.15. The van der Waals surface area contributed by atoms with Crippen LogP contribution in [-0.4, -0.2) is 18.9 Å². The summed E-state index contributed by atoms with van der Waals surface area (Å²) in [5.74, 6) is 0.351. The predicted molar refractivity (Wildman–Crippen MR) is 59.2 cm³/mol. The Morgan fingerprint density at radius 2 is 1.73 bits per heavy atom. The van der Waals surface area contributed by atoms with Crippen molar-refractivity contribution in [2.45, 2.75) is 12.8 Å². The van der Waals surface area contributed by atoms with Crippen molar-refractivity contribution in [2.75, 3.05) is 18.0 Å². The number of anilines is 1. The summed E-state index contributed by atoms with van der Waals surface area (Å²) in [5.41, 5.74) is 1.77. The summed E-state index contributed by atoms with van der Waals surface area (Å²) in [7, 11) is 0. The highest BCUT2D eigenvalue weighted by molar-refractivity contribution is 5.81. The van der Waals surface area contributed by atoms with E-state index in [4.69, 9.17) is 6.57 Å². The minimum Gasteiger partial charge on any atom is -0.371 e. The number of carbonyl (C=O) groups is 1. The second-order valence-electron chi connectivity index (χ2n) is 3.65. The van der Waals surface area contributed by atoms with Crippen LogP contribution in [0.15, 0.2) is 24.3 Å². The van der Waals surface area contributed by atoms with E-state index in [0.717, 1.165) is 18.8 Å². The topological polar surface area (TPSA) is 24.7 Å². The second kappa shape index (κ2) is 4.14. The summed E-state index contributed by atoms with van der Waals surface area (Å²) >= 11 is 0. The quantitative estimate of drug-likeness (QED) is 0.650. The van der Waals surface area contributed by atoms with Crippen molar-refractivity contribution in [3.05, 3.63) is 35.7 Å². The van der Waals surface area contributed by atoms with Crippen molar-refractivity contribution in [3.63, 3.8) is 0 Å². The first-order chi connectivity index (χ1) is 7.29. The molecule has 0 aromatic heterocycles. The fourth-order valence-corrected chi connectivity index (χ4v) is 1.75. The first-order valence-corrected chi connectivity index (χ1v) is 5.04. The molecule has 0 spiro atoms. The van der Waals surface area contributed by atoms with Crippen molar-refractivity contribution in [1.82, 2.24) is 0 Å². The molecule has 0 unspecified atom stereocenters. The van der Waals surface area contributed by atoms with Gasteiger partial charge in [0.05, 0.1) is 6.57 Å². The maximum Gasteiger partial charge on any atom is 0.187 e. The van der Waals surface area contributed by atoms with Crippen LogP contribution in [0.4, 0.5) is 11.4 Å². The van der Waals surface area contributed by atoms with Gasteiger partial charge in [-0.05, 0) is 12.1 Å². The first kappa shape index (κ1) is 9.72. The lowest BCUT2D eigenvalue weighted by Crippen LogP contribution is -2.33. The van der Waals surface area contributed by atoms with Crippen LogP contribution in [0.5, 0.6) is 0 Å². The van der Waals surface area contributed by atoms with Crippen LogP contribution in [0.1, 0.15) is 12.8 Å². The molecule has 1 heterocycles. The Morgan fingerprint density at radius 3 is 2.27 bits per heavy atom. The van der Waals surface area contributed by atoms with Gasteiger partial charge >= 0.3 is 0 Å². The predicted octanol–water partition coefficient (Wildman–Crippen LogP) is 2.41. The van der Waals surface area contributed by atoms with Gasteiger partial charge in [0.1, 0.15) is 5.78 Å². The largest absolute Gasteiger partial charge is 0.371 e. The van der Waals surface area contributed by atoms with E-state index in [1.54, 1.807) is 0 Å². The minimum atomic E-state index is 0.351. The van der Waals surface area contributed by atoms with E-state index in [2.05, 4.69) is 9.74 Å². The third-order valence-electron chi connectivity index (χ3n) is 2.67. The Balaban J connectivity index is 2.10. The molecule has 3 heteroatoms. The van der Waals surface area contributed by atoms with Gasteiger partial charge in [0.2, 0.25) is 0 Å². The number of hydrogen-bond acceptors (Lipinski definition) is 2. The number of ketones is 1. The summed E-state index contributed by atoms with van der Waals surface area (Å²) in [6, 6.07) is 7.53. The molecule has 0 atom stereocenters. The number of piperidine rings is 1. The lowest BCUT2D eigenvalue weighted by molar-refractivity contribution is -0.119. The van der Waals surface area contributed by atoms with Gasteiger partial charge in [0.25, 0.3) is 0 Å². The summed E-state index contributed by atoms with van der Waals surface area (Å²) in [5, 5.41) is 0. The molecule has 0 radical (unpaired) electrons. The highest BCUT2D eigenvalue weighted by atomic mass is 16.1. The van der Waals surface area contributed by atoms with Gasteiger partial charge in [-0.2, -0.15) is 0 Å². The van der Waals surface area contributed by atoms with E-state index in [1.165, 1.54) is 0 Å². The molecule has 2 rings (SSSR count). The van der Waals surface area contributed by atoms with E-state index in [1.807, 2.05) is 24.3 Å². The van der Waals surface area contributed by atoms with Crippen molar-refractivity contribution >= 4 is 17.2 Å². The van der Waals surface area contributed by atoms with Gasteiger partial charge in [-0.3, -0.25) is 4.79 Å². The Kier molecular flexibility index (Phi) is 2.68. The van der Waals surface area contributed by atoms with Crippen LogP contribution in [0, 0.1) is 6.57 Å². The van der Waals surface area contributed by atoms with E-state index >= 15 is 0 Å². The van der Waals surface area contributed by atoms with Crippen LogP contribution >= 0.6 is 0 Å². The number of Topliss-reactive ketones (excluding diaryl/α,β-unsaturated/α-hetero) is 1. The minimum absolute atomic E-state index is 0.351. The van der Waals surface area contributed by atoms with Gasteiger partial charge in [-0.25, -0.2) is 4.85 Å².